The molecule has 0 amide bonds. The minimum Gasteiger partial charge on any atom is -0.298 e. The van der Waals surface area contributed by atoms with Crippen LogP contribution in [0.25, 0.3) is 0 Å². The van der Waals surface area contributed by atoms with Crippen LogP contribution in [0.2, 0.25) is 10.2 Å². The predicted molar refractivity (Wildman–Crippen MR) is 76.5 cm³/mol. The highest BCUT2D eigenvalue weighted by Crippen LogP contribution is 2.13. The first-order valence-corrected chi connectivity index (χ1v) is 7.32. The van der Waals surface area contributed by atoms with Crippen LogP contribution in [0.15, 0.2) is 11.1 Å². The van der Waals surface area contributed by atoms with Crippen molar-refractivity contribution in [2.45, 2.75) is 58.4 Å². The molecule has 0 bridgehead atoms. The van der Waals surface area contributed by atoms with Crippen LogP contribution in [0.3, 0.4) is 0 Å². The van der Waals surface area contributed by atoms with Crippen molar-refractivity contribution in [2.24, 2.45) is 0 Å². The van der Waals surface area contributed by atoms with Crippen molar-refractivity contribution in [3.63, 3.8) is 0 Å². The lowest BCUT2D eigenvalue weighted by Gasteiger charge is -2.06. The largest absolute Gasteiger partial charge is 0.298 e. The first kappa shape index (κ1) is 15.5. The molecule has 1 rings (SSSR count). The molecule has 0 atom stereocenters. The molecule has 0 fully saturated rings. The van der Waals surface area contributed by atoms with E-state index in [1.807, 2.05) is 0 Å². The molecule has 0 saturated heterocycles. The molecule has 0 aromatic carbocycles. The lowest BCUT2D eigenvalue weighted by molar-refractivity contribution is 0.539. The maximum absolute atomic E-state index is 11.7. The maximum Gasteiger partial charge on any atom is 0.273 e. The first-order chi connectivity index (χ1) is 8.66. The Kier molecular flexibility index (Phi) is 7.36. The molecule has 0 N–H and O–H groups in total. The second kappa shape index (κ2) is 8.54. The highest BCUT2D eigenvalue weighted by Gasteiger charge is 2.06. The average molecular weight is 291 g/mol. The predicted octanol–water partition coefficient (Wildman–Crippen LogP) is 4.30. The molecular weight excluding hydrogens is 271 g/mol. The number of hydrogen-bond donors (Lipinski definition) is 0. The third kappa shape index (κ3) is 4.99. The third-order valence-corrected chi connectivity index (χ3v) is 3.67. The molecule has 3 nitrogen and oxygen atoms in total. The Bertz CT molecular complexity index is 418. The van der Waals surface area contributed by atoms with Gasteiger partial charge in [0.25, 0.3) is 5.56 Å². The molecule has 1 heterocycles. The Labute approximate surface area is 118 Å². The fourth-order valence-electron chi connectivity index (χ4n) is 1.84. The highest BCUT2D eigenvalue weighted by atomic mass is 35.5. The molecule has 0 radical (unpaired) electrons. The van der Waals surface area contributed by atoms with Crippen molar-refractivity contribution >= 4 is 23.2 Å². The molecule has 5 heteroatoms. The molecule has 0 aliphatic heterocycles. The summed E-state index contributed by atoms with van der Waals surface area (Å²) in [4.78, 5) is 15.6. The quantitative estimate of drug-likeness (QED) is 0.528. The molecule has 1 aromatic heterocycles. The SMILES string of the molecule is CCCCCCCCCn1cnc(Cl)c(Cl)c1=O. The van der Waals surface area contributed by atoms with Crippen LogP contribution in [0.1, 0.15) is 51.9 Å². The van der Waals surface area contributed by atoms with Gasteiger partial charge in [-0.05, 0) is 6.42 Å². The fourth-order valence-corrected chi connectivity index (χ4v) is 2.12. The van der Waals surface area contributed by atoms with Gasteiger partial charge in [-0.25, -0.2) is 4.98 Å². The Morgan fingerprint density at radius 3 is 2.39 bits per heavy atom. The van der Waals surface area contributed by atoms with Gasteiger partial charge >= 0.3 is 0 Å². The van der Waals surface area contributed by atoms with Crippen molar-refractivity contribution in [1.82, 2.24) is 9.55 Å². The fraction of sp³-hybridized carbons (Fsp3) is 0.692. The third-order valence-electron chi connectivity index (χ3n) is 2.94. The molecule has 0 aliphatic carbocycles. The lowest BCUT2D eigenvalue weighted by atomic mass is 10.1. The zero-order valence-electron chi connectivity index (χ0n) is 10.8. The molecule has 0 saturated carbocycles. The molecule has 0 aliphatic rings. The van der Waals surface area contributed by atoms with Gasteiger partial charge in [0.15, 0.2) is 5.15 Å². The van der Waals surface area contributed by atoms with Crippen molar-refractivity contribution in [2.75, 3.05) is 0 Å². The number of unbranched alkanes of at least 4 members (excludes halogenated alkanes) is 6. The van der Waals surface area contributed by atoms with Crippen LogP contribution in [0.4, 0.5) is 0 Å². The van der Waals surface area contributed by atoms with E-state index in [-0.39, 0.29) is 15.7 Å². The van der Waals surface area contributed by atoms with Crippen LogP contribution < -0.4 is 5.56 Å². The van der Waals surface area contributed by atoms with E-state index in [4.69, 9.17) is 23.2 Å². The van der Waals surface area contributed by atoms with Crippen LogP contribution in [-0.2, 0) is 6.54 Å². The van der Waals surface area contributed by atoms with E-state index in [0.717, 1.165) is 12.8 Å². The Hall–Kier alpha value is -0.540. The maximum atomic E-state index is 11.7. The second-order valence-corrected chi connectivity index (χ2v) is 5.21. The van der Waals surface area contributed by atoms with Gasteiger partial charge in [0.2, 0.25) is 0 Å². The summed E-state index contributed by atoms with van der Waals surface area (Å²) in [5, 5.41) is 0.0968. The van der Waals surface area contributed by atoms with Crippen LogP contribution in [-0.4, -0.2) is 9.55 Å². The number of rotatable bonds is 8. The van der Waals surface area contributed by atoms with Crippen LogP contribution >= 0.6 is 23.2 Å². The van der Waals surface area contributed by atoms with Crippen LogP contribution in [0.5, 0.6) is 0 Å². The van der Waals surface area contributed by atoms with Gasteiger partial charge in [-0.15, -0.1) is 0 Å². The normalized spacial score (nSPS) is 10.8. The number of aryl methyl sites for hydroxylation is 1. The summed E-state index contributed by atoms with van der Waals surface area (Å²) in [6.07, 6.45) is 9.98. The average Bonchev–Trinajstić information content (AvgIpc) is 2.37. The topological polar surface area (TPSA) is 34.9 Å². The van der Waals surface area contributed by atoms with Gasteiger partial charge in [-0.1, -0.05) is 68.7 Å². The van der Waals surface area contributed by atoms with Gasteiger partial charge < -0.3 is 0 Å². The van der Waals surface area contributed by atoms with E-state index in [0.29, 0.717) is 6.54 Å². The van der Waals surface area contributed by atoms with E-state index in [1.54, 1.807) is 0 Å². The molecule has 102 valence electrons. The Morgan fingerprint density at radius 2 is 1.72 bits per heavy atom. The van der Waals surface area contributed by atoms with Crippen molar-refractivity contribution in [3.8, 4) is 0 Å². The standard InChI is InChI=1S/C13H20Cl2N2O/c1-2-3-4-5-6-7-8-9-17-10-16-12(15)11(14)13(17)18/h10H,2-9H2,1H3. The van der Waals surface area contributed by atoms with Gasteiger partial charge in [-0.3, -0.25) is 9.36 Å². The smallest absolute Gasteiger partial charge is 0.273 e. The minimum atomic E-state index is -0.248. The summed E-state index contributed by atoms with van der Waals surface area (Å²) >= 11 is 11.4. The summed E-state index contributed by atoms with van der Waals surface area (Å²) in [5.74, 6) is 0. The highest BCUT2D eigenvalue weighted by molar-refractivity contribution is 6.40. The Morgan fingerprint density at radius 1 is 1.11 bits per heavy atom. The van der Waals surface area contributed by atoms with E-state index in [1.165, 1.54) is 43.0 Å². The van der Waals surface area contributed by atoms with Crippen molar-refractivity contribution < 1.29 is 0 Å². The van der Waals surface area contributed by atoms with E-state index >= 15 is 0 Å². The van der Waals surface area contributed by atoms with Crippen molar-refractivity contribution in [3.05, 3.63) is 26.9 Å². The van der Waals surface area contributed by atoms with E-state index < -0.39 is 0 Å². The van der Waals surface area contributed by atoms with E-state index in [2.05, 4.69) is 11.9 Å². The van der Waals surface area contributed by atoms with Gasteiger partial charge in [0.05, 0.1) is 6.33 Å². The zero-order chi connectivity index (χ0) is 13.4. The molecule has 18 heavy (non-hydrogen) atoms. The number of nitrogens with zero attached hydrogens (tertiary/aromatic N) is 2. The van der Waals surface area contributed by atoms with E-state index in [9.17, 15) is 4.79 Å². The summed E-state index contributed by atoms with van der Waals surface area (Å²) in [6, 6.07) is 0. The first-order valence-electron chi connectivity index (χ1n) is 6.57. The van der Waals surface area contributed by atoms with Gasteiger partial charge in [0, 0.05) is 6.54 Å². The van der Waals surface area contributed by atoms with Gasteiger partial charge in [-0.2, -0.15) is 0 Å². The number of aromatic nitrogens is 2. The summed E-state index contributed by atoms with van der Waals surface area (Å²) in [6.45, 7) is 2.88. The molecule has 1 aromatic rings. The zero-order valence-corrected chi connectivity index (χ0v) is 12.3. The monoisotopic (exact) mass is 290 g/mol. The van der Waals surface area contributed by atoms with Crippen molar-refractivity contribution in [1.29, 1.82) is 0 Å². The van der Waals surface area contributed by atoms with Crippen LogP contribution in [0, 0.1) is 0 Å². The summed E-state index contributed by atoms with van der Waals surface area (Å²) < 4.78 is 1.53. The summed E-state index contributed by atoms with van der Waals surface area (Å²) in [5.41, 5.74) is -0.248. The number of halogens is 2. The Balaban J connectivity index is 2.28. The molecule has 0 unspecified atom stereocenters. The molecule has 0 spiro atoms. The van der Waals surface area contributed by atoms with Gasteiger partial charge in [0.1, 0.15) is 5.02 Å². The lowest BCUT2D eigenvalue weighted by Crippen LogP contribution is -2.21. The second-order valence-electron chi connectivity index (χ2n) is 4.47. The molecular formula is C13H20Cl2N2O. The summed E-state index contributed by atoms with van der Waals surface area (Å²) in [7, 11) is 0. The number of hydrogen-bond acceptors (Lipinski definition) is 2. The minimum absolute atomic E-state index is 0.0158.